The Morgan fingerprint density at radius 1 is 1.00 bits per heavy atom. The lowest BCUT2D eigenvalue weighted by Crippen LogP contribution is -2.67. The summed E-state index contributed by atoms with van der Waals surface area (Å²) >= 11 is 0. The van der Waals surface area contributed by atoms with Gasteiger partial charge in [-0.2, -0.15) is 0 Å². The Kier molecular flexibility index (Phi) is 2.79. The Morgan fingerprint density at radius 2 is 1.65 bits per heavy atom. The van der Waals surface area contributed by atoms with Gasteiger partial charge in [0.05, 0.1) is 5.60 Å². The molecule has 3 rings (SSSR count). The lowest BCUT2D eigenvalue weighted by Gasteiger charge is -2.58. The molecule has 17 heavy (non-hydrogen) atoms. The highest BCUT2D eigenvalue weighted by atomic mass is 16.5. The average molecular weight is 237 g/mol. The van der Waals surface area contributed by atoms with Gasteiger partial charge in [-0.25, -0.2) is 0 Å². The summed E-state index contributed by atoms with van der Waals surface area (Å²) in [5.74, 6) is 0. The molecule has 2 heteroatoms. The summed E-state index contributed by atoms with van der Waals surface area (Å²) < 4.78 is 6.74. The van der Waals surface area contributed by atoms with Crippen LogP contribution in [0.3, 0.4) is 0 Å². The zero-order chi connectivity index (χ0) is 12.0. The average Bonchev–Trinajstić information content (AvgIpc) is 3.02. The third-order valence-corrected chi connectivity index (χ3v) is 5.43. The van der Waals surface area contributed by atoms with Gasteiger partial charge in [0.15, 0.2) is 0 Å². The van der Waals surface area contributed by atoms with Crippen LogP contribution in [0.15, 0.2) is 0 Å². The maximum atomic E-state index is 6.74. The zero-order valence-corrected chi connectivity index (χ0v) is 11.5. The van der Waals surface area contributed by atoms with Gasteiger partial charge in [0, 0.05) is 12.0 Å². The van der Waals surface area contributed by atoms with E-state index in [9.17, 15) is 0 Å². The van der Waals surface area contributed by atoms with Gasteiger partial charge in [0.25, 0.3) is 0 Å². The molecule has 0 unspecified atom stereocenters. The summed E-state index contributed by atoms with van der Waals surface area (Å²) in [7, 11) is 0. The summed E-state index contributed by atoms with van der Waals surface area (Å²) in [6.45, 7) is 5.77. The Morgan fingerprint density at radius 3 is 2.06 bits per heavy atom. The van der Waals surface area contributed by atoms with Gasteiger partial charge >= 0.3 is 0 Å². The van der Waals surface area contributed by atoms with Crippen LogP contribution in [0.2, 0.25) is 0 Å². The molecule has 1 saturated heterocycles. The molecule has 2 saturated carbocycles. The second kappa shape index (κ2) is 3.96. The molecule has 3 aliphatic rings. The van der Waals surface area contributed by atoms with Crippen LogP contribution in [0, 0.1) is 5.41 Å². The SMILES string of the molecule is CCCC1(CCC)NCC2(CC2)C2(CCC2)O1. The molecule has 1 N–H and O–H groups in total. The van der Waals surface area contributed by atoms with Crippen LogP contribution in [0.1, 0.15) is 71.6 Å². The van der Waals surface area contributed by atoms with E-state index in [1.807, 2.05) is 0 Å². The second-order valence-corrected chi connectivity index (χ2v) is 6.58. The van der Waals surface area contributed by atoms with Gasteiger partial charge in [0.2, 0.25) is 0 Å². The topological polar surface area (TPSA) is 21.3 Å². The highest BCUT2D eigenvalue weighted by molar-refractivity contribution is 5.17. The van der Waals surface area contributed by atoms with E-state index in [1.165, 1.54) is 64.3 Å². The third-order valence-electron chi connectivity index (χ3n) is 5.43. The van der Waals surface area contributed by atoms with E-state index < -0.39 is 0 Å². The van der Waals surface area contributed by atoms with Gasteiger partial charge < -0.3 is 4.74 Å². The van der Waals surface area contributed by atoms with Crippen molar-refractivity contribution in [2.75, 3.05) is 6.54 Å². The van der Waals surface area contributed by atoms with Crippen molar-refractivity contribution >= 4 is 0 Å². The van der Waals surface area contributed by atoms with Crippen molar-refractivity contribution in [3.63, 3.8) is 0 Å². The lowest BCUT2D eigenvalue weighted by molar-refractivity contribution is -0.269. The van der Waals surface area contributed by atoms with E-state index in [4.69, 9.17) is 4.74 Å². The van der Waals surface area contributed by atoms with Crippen molar-refractivity contribution in [3.8, 4) is 0 Å². The molecule has 2 aliphatic carbocycles. The first kappa shape index (κ1) is 12.0. The van der Waals surface area contributed by atoms with Crippen molar-refractivity contribution in [1.29, 1.82) is 0 Å². The first-order valence-electron chi connectivity index (χ1n) is 7.65. The molecule has 0 aromatic rings. The van der Waals surface area contributed by atoms with E-state index in [1.54, 1.807) is 0 Å². The molecule has 98 valence electrons. The number of hydrogen-bond acceptors (Lipinski definition) is 2. The minimum absolute atomic E-state index is 0.0117. The highest BCUT2D eigenvalue weighted by Gasteiger charge is 2.66. The molecule has 0 radical (unpaired) electrons. The van der Waals surface area contributed by atoms with Gasteiger partial charge in [-0.3, -0.25) is 5.32 Å². The molecule has 2 spiro atoms. The molecule has 0 amide bonds. The maximum Gasteiger partial charge on any atom is 0.120 e. The van der Waals surface area contributed by atoms with Gasteiger partial charge in [-0.15, -0.1) is 0 Å². The summed E-state index contributed by atoms with van der Waals surface area (Å²) in [6.07, 6.45) is 11.6. The third kappa shape index (κ3) is 1.67. The summed E-state index contributed by atoms with van der Waals surface area (Å²) in [4.78, 5) is 0. The number of rotatable bonds is 4. The predicted octanol–water partition coefficient (Wildman–Crippen LogP) is 3.61. The fourth-order valence-corrected chi connectivity index (χ4v) is 4.13. The molecule has 1 aliphatic heterocycles. The minimum Gasteiger partial charge on any atom is -0.354 e. The van der Waals surface area contributed by atoms with Crippen LogP contribution in [0.5, 0.6) is 0 Å². The number of fused-ring (bicyclic) bond motifs is 1. The Balaban J connectivity index is 1.79. The molecular weight excluding hydrogens is 210 g/mol. The Labute approximate surface area is 105 Å². The molecule has 3 fully saturated rings. The zero-order valence-electron chi connectivity index (χ0n) is 11.5. The largest absolute Gasteiger partial charge is 0.354 e. The first-order chi connectivity index (χ1) is 8.20. The fourth-order valence-electron chi connectivity index (χ4n) is 4.13. The van der Waals surface area contributed by atoms with Crippen LogP contribution in [0.25, 0.3) is 0 Å². The van der Waals surface area contributed by atoms with Gasteiger partial charge in [0.1, 0.15) is 5.72 Å². The molecule has 1 heterocycles. The lowest BCUT2D eigenvalue weighted by atomic mass is 9.66. The highest BCUT2D eigenvalue weighted by Crippen LogP contribution is 2.65. The summed E-state index contributed by atoms with van der Waals surface area (Å²) in [5, 5.41) is 3.79. The molecule has 0 atom stereocenters. The number of hydrogen-bond donors (Lipinski definition) is 1. The van der Waals surface area contributed by atoms with Crippen molar-refractivity contribution in [3.05, 3.63) is 0 Å². The van der Waals surface area contributed by atoms with E-state index >= 15 is 0 Å². The van der Waals surface area contributed by atoms with E-state index in [0.29, 0.717) is 5.41 Å². The number of nitrogens with one attached hydrogen (secondary N) is 1. The smallest absolute Gasteiger partial charge is 0.120 e. The molecule has 0 aromatic carbocycles. The Bertz CT molecular complexity index is 285. The molecule has 0 bridgehead atoms. The van der Waals surface area contributed by atoms with Crippen molar-refractivity contribution < 1.29 is 4.74 Å². The van der Waals surface area contributed by atoms with Gasteiger partial charge in [-0.1, -0.05) is 26.7 Å². The summed E-state index contributed by atoms with van der Waals surface area (Å²) in [6, 6.07) is 0. The predicted molar refractivity (Wildman–Crippen MR) is 69.9 cm³/mol. The van der Waals surface area contributed by atoms with Crippen LogP contribution >= 0.6 is 0 Å². The maximum absolute atomic E-state index is 6.74. The second-order valence-electron chi connectivity index (χ2n) is 6.58. The van der Waals surface area contributed by atoms with Crippen LogP contribution in [-0.4, -0.2) is 17.9 Å². The quantitative estimate of drug-likeness (QED) is 0.806. The van der Waals surface area contributed by atoms with E-state index in [-0.39, 0.29) is 11.3 Å². The monoisotopic (exact) mass is 237 g/mol. The normalized spacial score (nSPS) is 31.4. The van der Waals surface area contributed by atoms with Crippen molar-refractivity contribution in [1.82, 2.24) is 5.32 Å². The Hall–Kier alpha value is -0.0800. The fraction of sp³-hybridized carbons (Fsp3) is 1.00. The molecular formula is C15H27NO. The van der Waals surface area contributed by atoms with Gasteiger partial charge in [-0.05, 0) is 44.9 Å². The van der Waals surface area contributed by atoms with Crippen LogP contribution in [-0.2, 0) is 4.74 Å². The standard InChI is InChI=1S/C15H27NO/c1-3-6-15(7-4-2)16-12-13(10-11-13)14(17-15)8-5-9-14/h16H,3-12H2,1-2H3. The number of ether oxygens (including phenoxy) is 1. The summed E-state index contributed by atoms with van der Waals surface area (Å²) in [5.41, 5.74) is 0.830. The van der Waals surface area contributed by atoms with E-state index in [2.05, 4.69) is 19.2 Å². The van der Waals surface area contributed by atoms with Crippen LogP contribution in [0.4, 0.5) is 0 Å². The molecule has 0 aromatic heterocycles. The minimum atomic E-state index is 0.0117. The molecule has 2 nitrogen and oxygen atoms in total. The van der Waals surface area contributed by atoms with E-state index in [0.717, 1.165) is 0 Å². The van der Waals surface area contributed by atoms with Crippen molar-refractivity contribution in [2.45, 2.75) is 83.0 Å². The first-order valence-corrected chi connectivity index (χ1v) is 7.65. The van der Waals surface area contributed by atoms with Crippen molar-refractivity contribution in [2.24, 2.45) is 5.41 Å². The van der Waals surface area contributed by atoms with Crippen LogP contribution < -0.4 is 5.32 Å².